The van der Waals surface area contributed by atoms with E-state index < -0.39 is 5.97 Å². The Kier molecular flexibility index (Phi) is 3.43. The summed E-state index contributed by atoms with van der Waals surface area (Å²) in [5.74, 6) is -0.599. The number of carbonyl (C=O) groups excluding carboxylic acids is 2. The van der Waals surface area contributed by atoms with Crippen LogP contribution in [-0.2, 0) is 9.63 Å². The molecule has 1 amide bonds. The fraction of sp³-hybridized carbons (Fsp3) is 0. The summed E-state index contributed by atoms with van der Waals surface area (Å²) >= 11 is 0. The Labute approximate surface area is 81.4 Å². The summed E-state index contributed by atoms with van der Waals surface area (Å²) in [6, 6.07) is 8.37. The predicted octanol–water partition coefficient (Wildman–Crippen LogP) is 1.36. The summed E-state index contributed by atoms with van der Waals surface area (Å²) in [6.07, 6.45) is 1.46. The molecular formula is C10H9NO3. The lowest BCUT2D eigenvalue weighted by Gasteiger charge is -2.10. The number of carbonyl (C=O) groups is 2. The highest BCUT2D eigenvalue weighted by molar-refractivity contribution is 5.89. The van der Waals surface area contributed by atoms with Crippen LogP contribution in [0, 0.1) is 0 Å². The van der Waals surface area contributed by atoms with Gasteiger partial charge in [0.25, 0.3) is 0 Å². The van der Waals surface area contributed by atoms with Crippen molar-refractivity contribution < 1.29 is 14.4 Å². The van der Waals surface area contributed by atoms with Gasteiger partial charge in [-0.05, 0) is 12.1 Å². The maximum Gasteiger partial charge on any atom is 0.363 e. The largest absolute Gasteiger partial charge is 0.363 e. The molecule has 0 unspecified atom stereocenters. The Morgan fingerprint density at radius 2 is 2.00 bits per heavy atom. The molecule has 0 fully saturated rings. The van der Waals surface area contributed by atoms with Crippen LogP contribution in [0.15, 0.2) is 43.1 Å². The molecule has 14 heavy (non-hydrogen) atoms. The summed E-state index contributed by atoms with van der Waals surface area (Å²) in [5, 5.41) is 0.704. The van der Waals surface area contributed by atoms with Gasteiger partial charge in [0, 0.05) is 6.20 Å². The van der Waals surface area contributed by atoms with Crippen molar-refractivity contribution in [3.8, 4) is 0 Å². The molecule has 0 N–H and O–H groups in total. The normalized spacial score (nSPS) is 8.86. The summed E-state index contributed by atoms with van der Waals surface area (Å²) in [5.41, 5.74) is 0.376. The minimum atomic E-state index is -0.599. The predicted molar refractivity (Wildman–Crippen MR) is 50.0 cm³/mol. The maximum absolute atomic E-state index is 11.3. The number of hydroxylamine groups is 2. The van der Waals surface area contributed by atoms with E-state index in [0.29, 0.717) is 17.0 Å². The topological polar surface area (TPSA) is 46.6 Å². The van der Waals surface area contributed by atoms with Gasteiger partial charge in [-0.3, -0.25) is 4.79 Å². The molecule has 0 aromatic heterocycles. The molecule has 0 saturated heterocycles. The number of nitrogens with zero attached hydrogens (tertiary/aromatic N) is 1. The Morgan fingerprint density at radius 3 is 2.50 bits per heavy atom. The van der Waals surface area contributed by atoms with Gasteiger partial charge >= 0.3 is 5.97 Å². The van der Waals surface area contributed by atoms with Crippen molar-refractivity contribution in [3.05, 3.63) is 48.7 Å². The van der Waals surface area contributed by atoms with Gasteiger partial charge in [-0.1, -0.05) is 24.8 Å². The average molecular weight is 191 g/mol. The fourth-order valence-corrected chi connectivity index (χ4v) is 0.824. The zero-order valence-electron chi connectivity index (χ0n) is 7.42. The monoisotopic (exact) mass is 191 g/mol. The van der Waals surface area contributed by atoms with Crippen LogP contribution in [0.1, 0.15) is 10.4 Å². The molecule has 0 aliphatic heterocycles. The van der Waals surface area contributed by atoms with Gasteiger partial charge in [0.05, 0.1) is 5.56 Å². The molecule has 0 saturated carbocycles. The van der Waals surface area contributed by atoms with E-state index in [-0.39, 0.29) is 0 Å². The van der Waals surface area contributed by atoms with E-state index in [9.17, 15) is 9.59 Å². The molecular weight excluding hydrogens is 182 g/mol. The van der Waals surface area contributed by atoms with E-state index in [2.05, 4.69) is 11.4 Å². The molecule has 0 aliphatic carbocycles. The van der Waals surface area contributed by atoms with E-state index in [1.54, 1.807) is 30.3 Å². The number of hydrogen-bond donors (Lipinski definition) is 0. The first-order valence-corrected chi connectivity index (χ1v) is 3.91. The van der Waals surface area contributed by atoms with Crippen LogP contribution in [0.25, 0.3) is 0 Å². The van der Waals surface area contributed by atoms with Crippen molar-refractivity contribution in [1.29, 1.82) is 0 Å². The first kappa shape index (κ1) is 9.98. The molecule has 1 rings (SSSR count). The second-order valence-corrected chi connectivity index (χ2v) is 2.39. The van der Waals surface area contributed by atoms with Crippen LogP contribution in [0.2, 0.25) is 0 Å². The third-order valence-electron chi connectivity index (χ3n) is 1.48. The van der Waals surface area contributed by atoms with Gasteiger partial charge in [-0.25, -0.2) is 4.79 Å². The molecule has 72 valence electrons. The number of hydrogen-bond acceptors (Lipinski definition) is 3. The molecule has 1 aromatic carbocycles. The lowest BCUT2D eigenvalue weighted by atomic mass is 10.2. The lowest BCUT2D eigenvalue weighted by Crippen LogP contribution is -2.20. The summed E-state index contributed by atoms with van der Waals surface area (Å²) in [6.45, 7) is 3.30. The Bertz CT molecular complexity index is 326. The zero-order chi connectivity index (χ0) is 10.4. The van der Waals surface area contributed by atoms with Crippen LogP contribution in [-0.4, -0.2) is 17.4 Å². The average Bonchev–Trinajstić information content (AvgIpc) is 2.26. The highest BCUT2D eigenvalue weighted by atomic mass is 16.7. The van der Waals surface area contributed by atoms with Crippen molar-refractivity contribution in [1.82, 2.24) is 5.06 Å². The van der Waals surface area contributed by atoms with Gasteiger partial charge < -0.3 is 4.84 Å². The van der Waals surface area contributed by atoms with Crippen molar-refractivity contribution in [2.75, 3.05) is 0 Å². The van der Waals surface area contributed by atoms with E-state index in [1.165, 1.54) is 0 Å². The van der Waals surface area contributed by atoms with Crippen molar-refractivity contribution in [2.24, 2.45) is 0 Å². The number of benzene rings is 1. The summed E-state index contributed by atoms with van der Waals surface area (Å²) < 4.78 is 0. The van der Waals surface area contributed by atoms with Gasteiger partial charge in [0.2, 0.25) is 6.41 Å². The molecule has 1 aromatic rings. The van der Waals surface area contributed by atoms with Crippen molar-refractivity contribution in [3.63, 3.8) is 0 Å². The smallest absolute Gasteiger partial charge is 0.329 e. The van der Waals surface area contributed by atoms with Crippen LogP contribution < -0.4 is 0 Å². The minimum absolute atomic E-state index is 0.355. The molecule has 0 bridgehead atoms. The number of rotatable bonds is 4. The molecule has 0 aliphatic rings. The molecule has 0 radical (unpaired) electrons. The molecule has 0 spiro atoms. The molecule has 4 heteroatoms. The summed E-state index contributed by atoms with van der Waals surface area (Å²) in [4.78, 5) is 26.2. The van der Waals surface area contributed by atoms with Crippen LogP contribution >= 0.6 is 0 Å². The standard InChI is InChI=1S/C10H9NO3/c1-2-11(8-12)14-10(13)9-6-4-3-5-7-9/h2-8H,1H2. The minimum Gasteiger partial charge on any atom is -0.329 e. The van der Waals surface area contributed by atoms with Crippen molar-refractivity contribution in [2.45, 2.75) is 0 Å². The van der Waals surface area contributed by atoms with Crippen LogP contribution in [0.3, 0.4) is 0 Å². The zero-order valence-corrected chi connectivity index (χ0v) is 7.42. The van der Waals surface area contributed by atoms with Gasteiger partial charge in [0.1, 0.15) is 0 Å². The first-order chi connectivity index (χ1) is 6.77. The second-order valence-electron chi connectivity index (χ2n) is 2.39. The first-order valence-electron chi connectivity index (χ1n) is 3.91. The quantitative estimate of drug-likeness (QED) is 0.533. The highest BCUT2D eigenvalue weighted by Crippen LogP contribution is 2.02. The van der Waals surface area contributed by atoms with Crippen LogP contribution in [0.5, 0.6) is 0 Å². The van der Waals surface area contributed by atoms with Gasteiger partial charge in [-0.15, -0.1) is 5.06 Å². The Hall–Kier alpha value is -2.10. The highest BCUT2D eigenvalue weighted by Gasteiger charge is 2.09. The Balaban J connectivity index is 2.67. The third-order valence-corrected chi connectivity index (χ3v) is 1.48. The Morgan fingerprint density at radius 1 is 1.36 bits per heavy atom. The van der Waals surface area contributed by atoms with Gasteiger partial charge in [-0.2, -0.15) is 0 Å². The maximum atomic E-state index is 11.3. The van der Waals surface area contributed by atoms with E-state index in [1.807, 2.05) is 0 Å². The van der Waals surface area contributed by atoms with Crippen molar-refractivity contribution >= 4 is 12.4 Å². The van der Waals surface area contributed by atoms with E-state index >= 15 is 0 Å². The summed E-state index contributed by atoms with van der Waals surface area (Å²) in [7, 11) is 0. The molecule has 4 nitrogen and oxygen atoms in total. The molecule has 0 heterocycles. The second kappa shape index (κ2) is 4.81. The molecule has 0 atom stereocenters. The van der Waals surface area contributed by atoms with E-state index in [4.69, 9.17) is 0 Å². The lowest BCUT2D eigenvalue weighted by molar-refractivity contribution is -0.141. The van der Waals surface area contributed by atoms with Gasteiger partial charge in [0.15, 0.2) is 0 Å². The fourth-order valence-electron chi connectivity index (χ4n) is 0.824. The third kappa shape index (κ3) is 2.45. The number of amides is 1. The van der Waals surface area contributed by atoms with E-state index in [0.717, 1.165) is 6.20 Å². The van der Waals surface area contributed by atoms with Crippen LogP contribution in [0.4, 0.5) is 0 Å². The SMILES string of the molecule is C=CN(C=O)OC(=O)c1ccccc1.